The molecule has 0 unspecified atom stereocenters. The Hall–Kier alpha value is -3.67. The highest BCUT2D eigenvalue weighted by molar-refractivity contribution is 5.97. The van der Waals surface area contributed by atoms with Crippen molar-refractivity contribution in [1.29, 1.82) is 0 Å². The van der Waals surface area contributed by atoms with Gasteiger partial charge in [-0.05, 0) is 63.1 Å². The normalized spacial score (nSPS) is 11.1. The number of Topliss-reactive ketones (excluding diaryl/α,β-unsaturated/α-hetero) is 1. The first-order valence-corrected chi connectivity index (χ1v) is 10.7. The molecule has 0 fully saturated rings. The number of carbonyl (C=O) groups excluding carboxylic acids is 1. The summed E-state index contributed by atoms with van der Waals surface area (Å²) in [4.78, 5) is 30.3. The molecule has 6 heteroatoms. The zero-order valence-electron chi connectivity index (χ0n) is 18.9. The molecule has 2 aromatic heterocycles. The number of aryl methyl sites for hydroxylation is 3. The van der Waals surface area contributed by atoms with Gasteiger partial charge in [0.05, 0.1) is 30.9 Å². The number of rotatable bonds is 7. The van der Waals surface area contributed by atoms with E-state index in [2.05, 4.69) is 21.7 Å². The summed E-state index contributed by atoms with van der Waals surface area (Å²) in [6, 6.07) is 15.5. The maximum absolute atomic E-state index is 13.1. The maximum atomic E-state index is 13.1. The van der Waals surface area contributed by atoms with Gasteiger partial charge in [0, 0.05) is 23.5 Å². The average Bonchev–Trinajstić information content (AvgIpc) is 3.08. The van der Waals surface area contributed by atoms with Gasteiger partial charge in [-0.3, -0.25) is 14.2 Å². The SMILES string of the molecule is COc1ccc(CCn2c(C)cc(C(=O)Cn3cnc4ccc(C)cc4c3=O)c2C)cc1. The summed E-state index contributed by atoms with van der Waals surface area (Å²) >= 11 is 0. The molecule has 0 N–H and O–H groups in total. The van der Waals surface area contributed by atoms with Crippen molar-refractivity contribution >= 4 is 16.7 Å². The fraction of sp³-hybridized carbons (Fsp3) is 0.269. The number of carbonyl (C=O) groups is 1. The number of ether oxygens (including phenoxy) is 1. The van der Waals surface area contributed by atoms with Gasteiger partial charge in [0.2, 0.25) is 0 Å². The fourth-order valence-corrected chi connectivity index (χ4v) is 4.09. The predicted octanol–water partition coefficient (Wildman–Crippen LogP) is 4.26. The number of aromatic nitrogens is 3. The first-order valence-electron chi connectivity index (χ1n) is 10.7. The van der Waals surface area contributed by atoms with Gasteiger partial charge in [-0.25, -0.2) is 4.98 Å². The van der Waals surface area contributed by atoms with Crippen LogP contribution in [-0.4, -0.2) is 27.0 Å². The van der Waals surface area contributed by atoms with Crippen LogP contribution < -0.4 is 10.3 Å². The highest BCUT2D eigenvalue weighted by atomic mass is 16.5. The van der Waals surface area contributed by atoms with Crippen LogP contribution in [0.2, 0.25) is 0 Å². The van der Waals surface area contributed by atoms with E-state index >= 15 is 0 Å². The number of hydrogen-bond donors (Lipinski definition) is 0. The smallest absolute Gasteiger partial charge is 0.261 e. The Labute approximate surface area is 187 Å². The molecule has 0 radical (unpaired) electrons. The number of benzene rings is 2. The molecular weight excluding hydrogens is 402 g/mol. The summed E-state index contributed by atoms with van der Waals surface area (Å²) in [6.45, 7) is 6.64. The van der Waals surface area contributed by atoms with E-state index < -0.39 is 0 Å². The van der Waals surface area contributed by atoms with E-state index in [4.69, 9.17) is 4.74 Å². The molecule has 0 atom stereocenters. The lowest BCUT2D eigenvalue weighted by Crippen LogP contribution is -2.25. The molecule has 0 aliphatic rings. The highest BCUT2D eigenvalue weighted by Crippen LogP contribution is 2.19. The van der Waals surface area contributed by atoms with Crippen LogP contribution in [0.25, 0.3) is 10.9 Å². The topological polar surface area (TPSA) is 66.1 Å². The Morgan fingerprint density at radius 3 is 2.50 bits per heavy atom. The molecule has 0 aliphatic heterocycles. The van der Waals surface area contributed by atoms with Crippen LogP contribution >= 0.6 is 0 Å². The van der Waals surface area contributed by atoms with Crippen LogP contribution in [0.3, 0.4) is 0 Å². The van der Waals surface area contributed by atoms with E-state index in [1.54, 1.807) is 7.11 Å². The molecule has 4 aromatic rings. The van der Waals surface area contributed by atoms with Crippen LogP contribution in [0.4, 0.5) is 0 Å². The Kier molecular flexibility index (Phi) is 5.95. The first-order chi connectivity index (χ1) is 15.4. The summed E-state index contributed by atoms with van der Waals surface area (Å²) in [5.41, 5.74) is 5.23. The molecule has 6 nitrogen and oxygen atoms in total. The quantitative estimate of drug-likeness (QED) is 0.412. The zero-order valence-corrected chi connectivity index (χ0v) is 18.9. The van der Waals surface area contributed by atoms with Crippen molar-refractivity contribution in [2.75, 3.05) is 7.11 Å². The third kappa shape index (κ3) is 4.21. The van der Waals surface area contributed by atoms with Crippen LogP contribution in [0.15, 0.2) is 59.7 Å². The molecule has 4 rings (SSSR count). The Bertz CT molecular complexity index is 1350. The number of methoxy groups -OCH3 is 1. The Morgan fingerprint density at radius 1 is 1.03 bits per heavy atom. The van der Waals surface area contributed by atoms with E-state index in [0.29, 0.717) is 16.5 Å². The largest absolute Gasteiger partial charge is 0.497 e. The van der Waals surface area contributed by atoms with E-state index in [1.807, 2.05) is 57.2 Å². The Morgan fingerprint density at radius 2 is 1.78 bits per heavy atom. The number of fused-ring (bicyclic) bond motifs is 1. The molecular formula is C26H27N3O3. The standard InChI is InChI=1S/C26H27N3O3/c1-17-5-10-24-23(13-17)26(31)28(16-27-24)15-25(30)22-14-18(2)29(19(22)3)12-11-20-6-8-21(32-4)9-7-20/h5-10,13-14,16H,11-12,15H2,1-4H3. The molecule has 2 heterocycles. The van der Waals surface area contributed by atoms with Crippen LogP contribution in [0.5, 0.6) is 5.75 Å². The van der Waals surface area contributed by atoms with Crippen LogP contribution in [0.1, 0.15) is 32.9 Å². The van der Waals surface area contributed by atoms with Gasteiger partial charge < -0.3 is 9.30 Å². The monoisotopic (exact) mass is 429 g/mol. The minimum absolute atomic E-state index is 0.0293. The minimum Gasteiger partial charge on any atom is -0.497 e. The number of hydrogen-bond acceptors (Lipinski definition) is 4. The van der Waals surface area contributed by atoms with E-state index in [9.17, 15) is 9.59 Å². The second kappa shape index (κ2) is 8.83. The summed E-state index contributed by atoms with van der Waals surface area (Å²) < 4.78 is 8.77. The van der Waals surface area contributed by atoms with Crippen molar-refractivity contribution in [3.63, 3.8) is 0 Å². The molecule has 0 saturated heterocycles. The van der Waals surface area contributed by atoms with Gasteiger partial charge in [0.25, 0.3) is 5.56 Å². The molecule has 0 spiro atoms. The second-order valence-electron chi connectivity index (χ2n) is 8.16. The molecule has 2 aromatic carbocycles. The van der Waals surface area contributed by atoms with Crippen molar-refractivity contribution < 1.29 is 9.53 Å². The van der Waals surface area contributed by atoms with Gasteiger partial charge in [-0.15, -0.1) is 0 Å². The predicted molar refractivity (Wildman–Crippen MR) is 126 cm³/mol. The summed E-state index contributed by atoms with van der Waals surface area (Å²) in [6.07, 6.45) is 2.31. The highest BCUT2D eigenvalue weighted by Gasteiger charge is 2.17. The molecule has 0 saturated carbocycles. The lowest BCUT2D eigenvalue weighted by molar-refractivity contribution is 0.0970. The van der Waals surface area contributed by atoms with Gasteiger partial charge >= 0.3 is 0 Å². The minimum atomic E-state index is -0.194. The number of nitrogens with zero attached hydrogens (tertiary/aromatic N) is 3. The second-order valence-corrected chi connectivity index (χ2v) is 8.16. The lowest BCUT2D eigenvalue weighted by Gasteiger charge is -2.11. The molecule has 164 valence electrons. The van der Waals surface area contributed by atoms with Gasteiger partial charge in [-0.1, -0.05) is 23.8 Å². The summed E-state index contributed by atoms with van der Waals surface area (Å²) in [5, 5.41) is 0.533. The van der Waals surface area contributed by atoms with E-state index in [1.165, 1.54) is 16.5 Å². The molecule has 32 heavy (non-hydrogen) atoms. The first kappa shape index (κ1) is 21.6. The lowest BCUT2D eigenvalue weighted by atomic mass is 10.1. The molecule has 0 aliphatic carbocycles. The average molecular weight is 430 g/mol. The van der Waals surface area contributed by atoms with Crippen molar-refractivity contribution in [2.45, 2.75) is 40.3 Å². The van der Waals surface area contributed by atoms with Crippen molar-refractivity contribution in [2.24, 2.45) is 0 Å². The van der Waals surface area contributed by atoms with Gasteiger partial charge in [0.15, 0.2) is 5.78 Å². The zero-order chi connectivity index (χ0) is 22.8. The van der Waals surface area contributed by atoms with Crippen LogP contribution in [-0.2, 0) is 19.5 Å². The fourth-order valence-electron chi connectivity index (χ4n) is 4.09. The van der Waals surface area contributed by atoms with Crippen molar-refractivity contribution in [1.82, 2.24) is 14.1 Å². The van der Waals surface area contributed by atoms with Gasteiger partial charge in [0.1, 0.15) is 5.75 Å². The van der Waals surface area contributed by atoms with E-state index in [-0.39, 0.29) is 17.9 Å². The maximum Gasteiger partial charge on any atom is 0.261 e. The van der Waals surface area contributed by atoms with E-state index in [0.717, 1.165) is 35.7 Å². The number of ketones is 1. The van der Waals surface area contributed by atoms with Gasteiger partial charge in [-0.2, -0.15) is 0 Å². The Balaban J connectivity index is 1.54. The third-order valence-corrected chi connectivity index (χ3v) is 5.95. The summed E-state index contributed by atoms with van der Waals surface area (Å²) in [7, 11) is 1.66. The van der Waals surface area contributed by atoms with Crippen LogP contribution in [0, 0.1) is 20.8 Å². The van der Waals surface area contributed by atoms with Crippen molar-refractivity contribution in [3.8, 4) is 5.75 Å². The summed E-state index contributed by atoms with van der Waals surface area (Å²) in [5.74, 6) is 0.744. The van der Waals surface area contributed by atoms with Crippen molar-refractivity contribution in [3.05, 3.63) is 93.3 Å². The molecule has 0 bridgehead atoms. The third-order valence-electron chi connectivity index (χ3n) is 5.95. The molecule has 0 amide bonds.